The quantitative estimate of drug-likeness (QED) is 0.162. The highest BCUT2D eigenvalue weighted by atomic mass is 32.2. The Kier molecular flexibility index (Phi) is 8.81. The van der Waals surface area contributed by atoms with Gasteiger partial charge >= 0.3 is 5.97 Å². The fraction of sp³-hybridized carbons (Fsp3) is 0.594. The number of amides is 1. The summed E-state index contributed by atoms with van der Waals surface area (Å²) in [4.78, 5) is 39.5. The molecule has 0 saturated heterocycles. The molecule has 3 fully saturated rings. The summed E-state index contributed by atoms with van der Waals surface area (Å²) in [5.41, 5.74) is -1.11. The first-order chi connectivity index (χ1) is 20.4. The number of benzene rings is 1. The van der Waals surface area contributed by atoms with Crippen LogP contribution in [0.15, 0.2) is 41.3 Å². The molecule has 1 aromatic heterocycles. The van der Waals surface area contributed by atoms with Crippen LogP contribution in [-0.4, -0.2) is 58.0 Å². The van der Waals surface area contributed by atoms with E-state index in [1.165, 1.54) is 23.1 Å². The molecule has 1 heterocycles. The highest BCUT2D eigenvalue weighted by molar-refractivity contribution is 8.01. The number of hydrogen-bond donors (Lipinski definition) is 2. The van der Waals surface area contributed by atoms with Crippen molar-refractivity contribution in [3.8, 4) is 5.75 Å². The molecule has 0 unspecified atom stereocenters. The number of nitrogens with one attached hydrogen (secondary N) is 1. The van der Waals surface area contributed by atoms with Crippen LogP contribution in [0.25, 0.3) is 0 Å². The fourth-order valence-corrected chi connectivity index (χ4v) is 9.57. The lowest BCUT2D eigenvalue weighted by Gasteiger charge is -2.61. The number of aliphatic hydroxyl groups excluding tert-OH is 1. The molecule has 1 amide bonds. The van der Waals surface area contributed by atoms with Crippen molar-refractivity contribution in [2.24, 2.45) is 34.0 Å². The van der Waals surface area contributed by atoms with E-state index in [2.05, 4.69) is 42.9 Å². The summed E-state index contributed by atoms with van der Waals surface area (Å²) in [6.07, 6.45) is 3.97. The van der Waals surface area contributed by atoms with E-state index < -0.39 is 29.0 Å². The van der Waals surface area contributed by atoms with Gasteiger partial charge in [0.05, 0.1) is 19.0 Å². The molecule has 0 aliphatic heterocycles. The van der Waals surface area contributed by atoms with Gasteiger partial charge in [0, 0.05) is 28.7 Å². The zero-order chi connectivity index (χ0) is 31.2. The predicted octanol–water partition coefficient (Wildman–Crippen LogP) is 5.80. The third kappa shape index (κ3) is 5.53. The van der Waals surface area contributed by atoms with E-state index >= 15 is 0 Å². The molecular formula is C32H41N3O6S2. The van der Waals surface area contributed by atoms with Crippen molar-refractivity contribution < 1.29 is 29.0 Å². The second kappa shape index (κ2) is 12.0. The number of rotatable bonds is 8. The molecule has 2 aromatic rings. The van der Waals surface area contributed by atoms with Crippen molar-refractivity contribution in [3.63, 3.8) is 0 Å². The first-order valence-electron chi connectivity index (χ1n) is 14.8. The Morgan fingerprint density at radius 1 is 1.21 bits per heavy atom. The lowest BCUT2D eigenvalue weighted by molar-refractivity contribution is -0.205. The van der Waals surface area contributed by atoms with E-state index in [-0.39, 0.29) is 40.6 Å². The highest BCUT2D eigenvalue weighted by Gasteiger charge is 2.68. The number of ether oxygens (including phenoxy) is 2. The van der Waals surface area contributed by atoms with Crippen LogP contribution in [0.4, 0.5) is 5.13 Å². The Labute approximate surface area is 261 Å². The molecule has 3 saturated carbocycles. The molecule has 0 spiro atoms. The predicted molar refractivity (Wildman–Crippen MR) is 166 cm³/mol. The normalized spacial score (nSPS) is 35.3. The van der Waals surface area contributed by atoms with E-state index in [0.717, 1.165) is 19.3 Å². The zero-order valence-electron chi connectivity index (χ0n) is 25.4. The summed E-state index contributed by atoms with van der Waals surface area (Å²) in [6.45, 7) is 12.4. The Morgan fingerprint density at radius 2 is 1.93 bits per heavy atom. The third-order valence-corrected chi connectivity index (χ3v) is 12.8. The van der Waals surface area contributed by atoms with Crippen LogP contribution in [0.5, 0.6) is 5.75 Å². The van der Waals surface area contributed by atoms with Crippen LogP contribution in [0.3, 0.4) is 0 Å². The number of nitrogens with zero attached hydrogens (tertiary/aromatic N) is 2. The lowest BCUT2D eigenvalue weighted by Crippen LogP contribution is -2.63. The van der Waals surface area contributed by atoms with Crippen LogP contribution < -0.4 is 10.1 Å². The molecule has 1 aromatic carbocycles. The summed E-state index contributed by atoms with van der Waals surface area (Å²) in [6, 6.07) is 6.72. The molecule has 9 nitrogen and oxygen atoms in total. The van der Waals surface area contributed by atoms with Gasteiger partial charge in [-0.1, -0.05) is 56.9 Å². The molecule has 3 aliphatic carbocycles. The summed E-state index contributed by atoms with van der Waals surface area (Å²) in [5, 5.41) is 22.9. The minimum atomic E-state index is -0.708. The first kappa shape index (κ1) is 31.7. The summed E-state index contributed by atoms with van der Waals surface area (Å²) in [5.74, 6) is -0.0603. The SMILES string of the molecule is C=C[C@]1(C)C[C@@H](OC(=O)CSc2nnc(NC(=O)c3ccc(OC)cc3)s2)[C@]2(C)[C@H](C)CC[C@]3(CCC(=O)[C@H]32)[C@@H](C)[C@@H]1O. The number of aliphatic hydroxyl groups is 1. The Morgan fingerprint density at radius 3 is 2.60 bits per heavy atom. The lowest BCUT2D eigenvalue weighted by atomic mass is 9.44. The molecule has 43 heavy (non-hydrogen) atoms. The van der Waals surface area contributed by atoms with Crippen LogP contribution in [0.2, 0.25) is 0 Å². The minimum absolute atomic E-state index is 0.00443. The van der Waals surface area contributed by atoms with E-state index in [9.17, 15) is 19.5 Å². The third-order valence-electron chi connectivity index (χ3n) is 10.9. The molecule has 8 atom stereocenters. The second-order valence-electron chi connectivity index (χ2n) is 12.9. The maximum atomic E-state index is 13.6. The van der Waals surface area contributed by atoms with Crippen LogP contribution >= 0.6 is 23.1 Å². The number of carbonyl (C=O) groups excluding carboxylic acids is 3. The van der Waals surface area contributed by atoms with Gasteiger partial charge in [0.2, 0.25) is 5.13 Å². The zero-order valence-corrected chi connectivity index (χ0v) is 27.1. The number of Topliss-reactive ketones (excluding diaryl/α,β-unsaturated/α-hetero) is 1. The van der Waals surface area contributed by atoms with Gasteiger partial charge in [-0.15, -0.1) is 16.8 Å². The highest BCUT2D eigenvalue weighted by Crippen LogP contribution is 2.68. The standard InChI is InChI=1S/C32H41N3O6S2/c1-7-30(4)16-23(31(5)18(2)12-14-32(19(3)26(30)38)15-13-22(36)25(31)32)41-24(37)17-42-29-35-34-28(43-29)33-27(39)20-8-10-21(40-6)11-9-20/h7-11,18-19,23,25-26,38H,1,12-17H2,2-6H3,(H,33,34,39)/t18-,19+,23-,25+,26+,30-,31+,32+/m1/s1. The van der Waals surface area contributed by atoms with Gasteiger partial charge in [0.15, 0.2) is 4.34 Å². The average Bonchev–Trinajstić information content (AvgIpc) is 3.60. The average molecular weight is 628 g/mol. The Bertz CT molecular complexity index is 1400. The monoisotopic (exact) mass is 627 g/mol. The molecular weight excluding hydrogens is 587 g/mol. The van der Waals surface area contributed by atoms with Gasteiger partial charge in [-0.05, 0) is 67.2 Å². The van der Waals surface area contributed by atoms with Crippen molar-refractivity contribution >= 4 is 45.9 Å². The summed E-state index contributed by atoms with van der Waals surface area (Å²) < 4.78 is 11.9. The van der Waals surface area contributed by atoms with Crippen molar-refractivity contribution in [3.05, 3.63) is 42.5 Å². The Balaban J connectivity index is 1.30. The van der Waals surface area contributed by atoms with Crippen molar-refractivity contribution in [2.45, 2.75) is 76.3 Å². The number of hydrogen-bond acceptors (Lipinski definition) is 10. The number of ketones is 1. The molecule has 5 rings (SSSR count). The van der Waals surface area contributed by atoms with Crippen molar-refractivity contribution in [1.82, 2.24) is 10.2 Å². The van der Waals surface area contributed by atoms with E-state index in [4.69, 9.17) is 9.47 Å². The maximum Gasteiger partial charge on any atom is 0.316 e. The molecule has 0 radical (unpaired) electrons. The molecule has 2 bridgehead atoms. The fourth-order valence-electron chi connectivity index (χ4n) is 8.05. The summed E-state index contributed by atoms with van der Waals surface area (Å²) >= 11 is 2.36. The van der Waals surface area contributed by atoms with Crippen LogP contribution in [0.1, 0.15) is 70.2 Å². The molecule has 232 valence electrons. The van der Waals surface area contributed by atoms with Gasteiger partial charge in [-0.25, -0.2) is 0 Å². The number of anilines is 1. The van der Waals surface area contributed by atoms with Gasteiger partial charge in [0.1, 0.15) is 17.6 Å². The number of methoxy groups -OCH3 is 1. The van der Waals surface area contributed by atoms with Gasteiger partial charge in [-0.3, -0.25) is 19.7 Å². The molecule has 2 N–H and O–H groups in total. The maximum absolute atomic E-state index is 13.6. The minimum Gasteiger partial charge on any atom is -0.497 e. The topological polar surface area (TPSA) is 128 Å². The second-order valence-corrected chi connectivity index (χ2v) is 15.1. The van der Waals surface area contributed by atoms with Crippen molar-refractivity contribution in [2.75, 3.05) is 18.2 Å². The Hall–Kier alpha value is -2.76. The molecule has 3 aliphatic rings. The number of carbonyl (C=O) groups is 3. The van der Waals surface area contributed by atoms with Crippen LogP contribution in [-0.2, 0) is 14.3 Å². The van der Waals surface area contributed by atoms with Gasteiger partial charge in [-0.2, -0.15) is 0 Å². The van der Waals surface area contributed by atoms with Gasteiger partial charge < -0.3 is 14.6 Å². The van der Waals surface area contributed by atoms with E-state index in [1.807, 2.05) is 6.92 Å². The van der Waals surface area contributed by atoms with Crippen LogP contribution in [0, 0.1) is 34.0 Å². The van der Waals surface area contributed by atoms with Crippen molar-refractivity contribution in [1.29, 1.82) is 0 Å². The summed E-state index contributed by atoms with van der Waals surface area (Å²) in [7, 11) is 1.56. The molecule has 11 heteroatoms. The number of aromatic nitrogens is 2. The first-order valence-corrected chi connectivity index (χ1v) is 16.6. The van der Waals surface area contributed by atoms with E-state index in [1.54, 1.807) is 37.5 Å². The number of thioether (sulfide) groups is 1. The van der Waals surface area contributed by atoms with Gasteiger partial charge in [0.25, 0.3) is 5.91 Å². The number of esters is 1. The smallest absolute Gasteiger partial charge is 0.316 e. The largest absolute Gasteiger partial charge is 0.497 e. The van der Waals surface area contributed by atoms with E-state index in [0.29, 0.717) is 33.6 Å².